The van der Waals surface area contributed by atoms with Gasteiger partial charge in [0.1, 0.15) is 5.54 Å². The highest BCUT2D eigenvalue weighted by Crippen LogP contribution is 2.16. The van der Waals surface area contributed by atoms with Gasteiger partial charge in [-0.2, -0.15) is 5.10 Å². The van der Waals surface area contributed by atoms with E-state index in [1.165, 1.54) is 25.8 Å². The number of carboxylic acid groups (broad SMARTS) is 1. The SMILES string of the molecule is CN(C(=O)c1ccn(-c2ccccc2)n1)C(C)(C)C(=O)O. The molecule has 0 spiro atoms. The van der Waals surface area contributed by atoms with Crippen LogP contribution >= 0.6 is 0 Å². The normalized spacial score (nSPS) is 11.2. The number of amides is 1. The maximum atomic E-state index is 12.3. The Morgan fingerprint density at radius 1 is 1.19 bits per heavy atom. The molecule has 2 rings (SSSR count). The van der Waals surface area contributed by atoms with Crippen LogP contribution in [-0.2, 0) is 4.79 Å². The molecule has 0 saturated heterocycles. The van der Waals surface area contributed by atoms with Crippen molar-refractivity contribution >= 4 is 11.9 Å². The van der Waals surface area contributed by atoms with Gasteiger partial charge in [0.25, 0.3) is 5.91 Å². The fraction of sp³-hybridized carbons (Fsp3) is 0.267. The molecule has 1 heterocycles. The van der Waals surface area contributed by atoms with E-state index in [1.807, 2.05) is 30.3 Å². The van der Waals surface area contributed by atoms with E-state index < -0.39 is 17.4 Å². The molecule has 0 unspecified atom stereocenters. The van der Waals surface area contributed by atoms with Crippen LogP contribution in [0.25, 0.3) is 5.69 Å². The van der Waals surface area contributed by atoms with Crippen molar-refractivity contribution in [3.63, 3.8) is 0 Å². The number of hydrogen-bond acceptors (Lipinski definition) is 3. The number of hydrogen-bond donors (Lipinski definition) is 1. The molecule has 0 fully saturated rings. The van der Waals surface area contributed by atoms with Crippen LogP contribution in [0.1, 0.15) is 24.3 Å². The van der Waals surface area contributed by atoms with Crippen LogP contribution in [-0.4, -0.2) is 44.3 Å². The Morgan fingerprint density at radius 3 is 2.38 bits per heavy atom. The zero-order valence-corrected chi connectivity index (χ0v) is 12.1. The first-order valence-corrected chi connectivity index (χ1v) is 6.46. The summed E-state index contributed by atoms with van der Waals surface area (Å²) in [5.41, 5.74) is -0.263. The minimum atomic E-state index is -1.30. The minimum Gasteiger partial charge on any atom is -0.480 e. The lowest BCUT2D eigenvalue weighted by Crippen LogP contribution is -2.50. The minimum absolute atomic E-state index is 0.204. The summed E-state index contributed by atoms with van der Waals surface area (Å²) in [5, 5.41) is 13.4. The number of benzene rings is 1. The molecule has 6 nitrogen and oxygen atoms in total. The van der Waals surface area contributed by atoms with E-state index in [0.29, 0.717) is 0 Å². The Morgan fingerprint density at radius 2 is 1.81 bits per heavy atom. The second kappa shape index (κ2) is 5.40. The zero-order chi connectivity index (χ0) is 15.6. The average molecular weight is 287 g/mol. The molecule has 0 radical (unpaired) electrons. The molecule has 0 bridgehead atoms. The Hall–Kier alpha value is -2.63. The van der Waals surface area contributed by atoms with Gasteiger partial charge < -0.3 is 10.0 Å². The molecule has 21 heavy (non-hydrogen) atoms. The summed E-state index contributed by atoms with van der Waals surface area (Å²) in [4.78, 5) is 24.7. The third-order valence-electron chi connectivity index (χ3n) is 3.50. The van der Waals surface area contributed by atoms with Gasteiger partial charge in [0.15, 0.2) is 5.69 Å². The monoisotopic (exact) mass is 287 g/mol. The largest absolute Gasteiger partial charge is 0.480 e. The van der Waals surface area contributed by atoms with E-state index >= 15 is 0 Å². The Balaban J connectivity index is 2.26. The van der Waals surface area contributed by atoms with Gasteiger partial charge in [-0.15, -0.1) is 0 Å². The number of rotatable bonds is 4. The van der Waals surface area contributed by atoms with Crippen molar-refractivity contribution in [3.8, 4) is 5.69 Å². The van der Waals surface area contributed by atoms with Gasteiger partial charge in [-0.25, -0.2) is 9.48 Å². The van der Waals surface area contributed by atoms with Crippen molar-refractivity contribution < 1.29 is 14.7 Å². The van der Waals surface area contributed by atoms with Crippen LogP contribution in [0, 0.1) is 0 Å². The third kappa shape index (κ3) is 2.79. The number of carboxylic acids is 1. The average Bonchev–Trinajstić information content (AvgIpc) is 2.96. The Labute approximate surface area is 122 Å². The van der Waals surface area contributed by atoms with Gasteiger partial charge in [-0.3, -0.25) is 4.79 Å². The van der Waals surface area contributed by atoms with Crippen molar-refractivity contribution in [1.82, 2.24) is 14.7 Å². The van der Waals surface area contributed by atoms with E-state index in [2.05, 4.69) is 5.10 Å². The molecule has 0 atom stereocenters. The van der Waals surface area contributed by atoms with E-state index in [-0.39, 0.29) is 5.69 Å². The fourth-order valence-electron chi connectivity index (χ4n) is 1.73. The molecule has 110 valence electrons. The van der Waals surface area contributed by atoms with Crippen LogP contribution in [0.15, 0.2) is 42.6 Å². The molecule has 1 amide bonds. The van der Waals surface area contributed by atoms with Crippen LogP contribution in [0.4, 0.5) is 0 Å². The maximum absolute atomic E-state index is 12.3. The quantitative estimate of drug-likeness (QED) is 0.930. The summed E-state index contributed by atoms with van der Waals surface area (Å²) >= 11 is 0. The molecular weight excluding hydrogens is 270 g/mol. The van der Waals surface area contributed by atoms with Crippen LogP contribution < -0.4 is 0 Å². The van der Waals surface area contributed by atoms with Gasteiger partial charge in [0.05, 0.1) is 5.69 Å². The van der Waals surface area contributed by atoms with Crippen LogP contribution in [0.2, 0.25) is 0 Å². The lowest BCUT2D eigenvalue weighted by atomic mass is 10.0. The first-order valence-electron chi connectivity index (χ1n) is 6.46. The molecule has 0 aliphatic rings. The number of likely N-dealkylation sites (N-methyl/N-ethyl adjacent to an activating group) is 1. The topological polar surface area (TPSA) is 75.4 Å². The molecule has 2 aromatic rings. The summed E-state index contributed by atoms with van der Waals surface area (Å²) in [6.07, 6.45) is 1.67. The predicted octanol–water partition coefficient (Wildman–Crippen LogP) is 1.81. The lowest BCUT2D eigenvalue weighted by Gasteiger charge is -2.30. The highest BCUT2D eigenvalue weighted by Gasteiger charge is 2.36. The molecule has 1 N–H and O–H groups in total. The first kappa shape index (κ1) is 14.8. The Bertz CT molecular complexity index is 662. The third-order valence-corrected chi connectivity index (χ3v) is 3.50. The second-order valence-corrected chi connectivity index (χ2v) is 5.21. The first-order chi connectivity index (χ1) is 9.84. The number of nitrogens with zero attached hydrogens (tertiary/aromatic N) is 3. The number of para-hydroxylation sites is 1. The van der Waals surface area contributed by atoms with Crippen LogP contribution in [0.3, 0.4) is 0 Å². The molecule has 0 aliphatic heterocycles. The maximum Gasteiger partial charge on any atom is 0.329 e. The highest BCUT2D eigenvalue weighted by atomic mass is 16.4. The Kier molecular flexibility index (Phi) is 3.80. The summed E-state index contributed by atoms with van der Waals surface area (Å²) in [5.74, 6) is -1.50. The number of carbonyl (C=O) groups is 2. The molecule has 6 heteroatoms. The summed E-state index contributed by atoms with van der Waals surface area (Å²) in [6.45, 7) is 2.95. The highest BCUT2D eigenvalue weighted by molar-refractivity contribution is 5.95. The summed E-state index contributed by atoms with van der Waals surface area (Å²) < 4.78 is 1.58. The molecule has 0 saturated carbocycles. The smallest absolute Gasteiger partial charge is 0.329 e. The van der Waals surface area contributed by atoms with E-state index in [0.717, 1.165) is 5.69 Å². The standard InChI is InChI=1S/C15H17N3O3/c1-15(2,14(20)21)17(3)13(19)12-9-10-18(16-12)11-7-5-4-6-8-11/h4-10H,1-3H3,(H,20,21). The van der Waals surface area contributed by atoms with E-state index in [1.54, 1.807) is 16.9 Å². The number of aliphatic carboxylic acids is 1. The van der Waals surface area contributed by atoms with Crippen molar-refractivity contribution in [3.05, 3.63) is 48.3 Å². The zero-order valence-electron chi connectivity index (χ0n) is 12.1. The van der Waals surface area contributed by atoms with Crippen molar-refractivity contribution in [2.45, 2.75) is 19.4 Å². The molecule has 1 aromatic carbocycles. The van der Waals surface area contributed by atoms with Gasteiger partial charge >= 0.3 is 5.97 Å². The summed E-state index contributed by atoms with van der Waals surface area (Å²) in [6, 6.07) is 10.9. The van der Waals surface area contributed by atoms with Gasteiger partial charge in [-0.05, 0) is 32.0 Å². The van der Waals surface area contributed by atoms with Gasteiger partial charge in [0.2, 0.25) is 0 Å². The van der Waals surface area contributed by atoms with E-state index in [4.69, 9.17) is 0 Å². The molecule has 1 aromatic heterocycles. The van der Waals surface area contributed by atoms with Crippen molar-refractivity contribution in [2.75, 3.05) is 7.05 Å². The van der Waals surface area contributed by atoms with Gasteiger partial charge in [-0.1, -0.05) is 18.2 Å². The number of aromatic nitrogens is 2. The molecular formula is C15H17N3O3. The molecule has 0 aliphatic carbocycles. The van der Waals surface area contributed by atoms with E-state index in [9.17, 15) is 14.7 Å². The number of carbonyl (C=O) groups excluding carboxylic acids is 1. The fourth-order valence-corrected chi connectivity index (χ4v) is 1.73. The van der Waals surface area contributed by atoms with Crippen LogP contribution in [0.5, 0.6) is 0 Å². The van der Waals surface area contributed by atoms with Crippen molar-refractivity contribution in [2.24, 2.45) is 0 Å². The lowest BCUT2D eigenvalue weighted by molar-refractivity contribution is -0.147. The van der Waals surface area contributed by atoms with Gasteiger partial charge in [0, 0.05) is 13.2 Å². The van der Waals surface area contributed by atoms with Crippen molar-refractivity contribution in [1.29, 1.82) is 0 Å². The second-order valence-electron chi connectivity index (χ2n) is 5.21. The summed E-state index contributed by atoms with van der Waals surface area (Å²) in [7, 11) is 1.46. The predicted molar refractivity (Wildman–Crippen MR) is 77.4 cm³/mol.